The van der Waals surface area contributed by atoms with Crippen LogP contribution in [0.5, 0.6) is 0 Å². The normalized spacial score (nSPS) is 15.9. The van der Waals surface area contributed by atoms with Gasteiger partial charge in [-0.2, -0.15) is 4.31 Å². The van der Waals surface area contributed by atoms with Crippen LogP contribution in [0.3, 0.4) is 0 Å². The molecule has 0 amide bonds. The first-order valence-corrected chi connectivity index (χ1v) is 8.82. The number of rotatable bonds is 2. The van der Waals surface area contributed by atoms with Gasteiger partial charge in [0, 0.05) is 19.2 Å². The summed E-state index contributed by atoms with van der Waals surface area (Å²) in [4.78, 5) is 16.2. The first-order valence-electron chi connectivity index (χ1n) is 6.18. The molecule has 1 aliphatic rings. The molecule has 0 N–H and O–H groups in total. The van der Waals surface area contributed by atoms with Crippen molar-refractivity contribution >= 4 is 33.0 Å². The summed E-state index contributed by atoms with van der Waals surface area (Å²) < 4.78 is 28.4. The standard InChI is InChI=1S/C12H12ClN3O3S2/c1-15-7-14-9-6-16(5-4-8(9)12(15)17)21(18,19)11-3-2-10(13)20-11/h2-3,7H,4-6H2,1H3. The summed E-state index contributed by atoms with van der Waals surface area (Å²) >= 11 is 6.83. The van der Waals surface area contributed by atoms with Gasteiger partial charge in [-0.15, -0.1) is 11.3 Å². The minimum Gasteiger partial charge on any atom is -0.302 e. The van der Waals surface area contributed by atoms with E-state index in [9.17, 15) is 13.2 Å². The number of aryl methyl sites for hydroxylation is 1. The summed E-state index contributed by atoms with van der Waals surface area (Å²) in [6, 6.07) is 3.06. The van der Waals surface area contributed by atoms with E-state index >= 15 is 0 Å². The van der Waals surface area contributed by atoms with Crippen LogP contribution in [0.15, 0.2) is 27.5 Å². The Labute approximate surface area is 130 Å². The van der Waals surface area contributed by atoms with Crippen molar-refractivity contribution in [3.63, 3.8) is 0 Å². The SMILES string of the molecule is Cn1cnc2c(c1=O)CCN(S(=O)(=O)c1ccc(Cl)s1)C2. The van der Waals surface area contributed by atoms with Gasteiger partial charge >= 0.3 is 0 Å². The van der Waals surface area contributed by atoms with Crippen molar-refractivity contribution in [2.45, 2.75) is 17.2 Å². The van der Waals surface area contributed by atoms with Crippen LogP contribution >= 0.6 is 22.9 Å². The molecular formula is C12H12ClN3O3S2. The number of halogens is 1. The first-order chi connectivity index (χ1) is 9.89. The van der Waals surface area contributed by atoms with Gasteiger partial charge in [-0.1, -0.05) is 11.6 Å². The molecule has 0 spiro atoms. The van der Waals surface area contributed by atoms with Crippen LogP contribution in [0, 0.1) is 0 Å². The molecule has 0 fully saturated rings. The average molecular weight is 346 g/mol. The minimum atomic E-state index is -3.59. The van der Waals surface area contributed by atoms with E-state index < -0.39 is 10.0 Å². The topological polar surface area (TPSA) is 72.3 Å². The van der Waals surface area contributed by atoms with Crippen LogP contribution in [0.2, 0.25) is 4.34 Å². The lowest BCUT2D eigenvalue weighted by molar-refractivity contribution is 0.383. The lowest BCUT2D eigenvalue weighted by atomic mass is 10.1. The van der Waals surface area contributed by atoms with Crippen LogP contribution in [0.1, 0.15) is 11.3 Å². The van der Waals surface area contributed by atoms with E-state index in [4.69, 9.17) is 11.6 Å². The molecule has 9 heteroatoms. The maximum atomic E-state index is 12.5. The zero-order valence-corrected chi connectivity index (χ0v) is 13.5. The van der Waals surface area contributed by atoms with Gasteiger partial charge in [-0.3, -0.25) is 4.79 Å². The highest BCUT2D eigenvalue weighted by Crippen LogP contribution is 2.30. The molecular weight excluding hydrogens is 334 g/mol. The molecule has 21 heavy (non-hydrogen) atoms. The number of hydrogen-bond donors (Lipinski definition) is 0. The number of fused-ring (bicyclic) bond motifs is 1. The fourth-order valence-corrected chi connectivity index (χ4v) is 5.30. The van der Waals surface area contributed by atoms with Crippen LogP contribution in [0.25, 0.3) is 0 Å². The third-order valence-electron chi connectivity index (χ3n) is 3.39. The quantitative estimate of drug-likeness (QED) is 0.821. The second kappa shape index (κ2) is 5.20. The third kappa shape index (κ3) is 2.52. The average Bonchev–Trinajstić information content (AvgIpc) is 2.90. The van der Waals surface area contributed by atoms with Gasteiger partial charge < -0.3 is 4.57 Å². The van der Waals surface area contributed by atoms with Crippen molar-refractivity contribution in [1.82, 2.24) is 13.9 Å². The molecule has 0 unspecified atom stereocenters. The highest BCUT2D eigenvalue weighted by atomic mass is 35.5. The molecule has 0 bridgehead atoms. The lowest BCUT2D eigenvalue weighted by Crippen LogP contribution is -2.39. The monoisotopic (exact) mass is 345 g/mol. The molecule has 0 aliphatic carbocycles. The zero-order chi connectivity index (χ0) is 15.2. The molecule has 0 saturated carbocycles. The van der Waals surface area contributed by atoms with Crippen molar-refractivity contribution in [2.75, 3.05) is 6.54 Å². The van der Waals surface area contributed by atoms with Gasteiger partial charge in [-0.25, -0.2) is 13.4 Å². The van der Waals surface area contributed by atoms with Crippen LogP contribution < -0.4 is 5.56 Å². The Morgan fingerprint density at radius 1 is 1.38 bits per heavy atom. The lowest BCUT2D eigenvalue weighted by Gasteiger charge is -2.26. The Morgan fingerprint density at radius 3 is 2.81 bits per heavy atom. The summed E-state index contributed by atoms with van der Waals surface area (Å²) in [5.41, 5.74) is 1.00. The molecule has 3 rings (SSSR count). The summed E-state index contributed by atoms with van der Waals surface area (Å²) in [7, 11) is -1.96. The van der Waals surface area contributed by atoms with Crippen LogP contribution in [-0.4, -0.2) is 28.8 Å². The smallest absolute Gasteiger partial charge is 0.256 e. The molecule has 2 aromatic rings. The summed E-state index contributed by atoms with van der Waals surface area (Å²) in [5, 5.41) is 0. The Kier molecular flexibility index (Phi) is 3.64. The highest BCUT2D eigenvalue weighted by molar-refractivity contribution is 7.91. The van der Waals surface area contributed by atoms with Gasteiger partial charge in [0.25, 0.3) is 15.6 Å². The first kappa shape index (κ1) is 14.7. The second-order valence-corrected chi connectivity index (χ2v) is 8.61. The van der Waals surface area contributed by atoms with E-state index in [-0.39, 0.29) is 22.9 Å². The summed E-state index contributed by atoms with van der Waals surface area (Å²) in [6.07, 6.45) is 1.79. The van der Waals surface area contributed by atoms with E-state index in [0.29, 0.717) is 22.0 Å². The predicted octanol–water partition coefficient (Wildman–Crippen LogP) is 1.24. The second-order valence-electron chi connectivity index (χ2n) is 4.73. The van der Waals surface area contributed by atoms with Crippen molar-refractivity contribution in [2.24, 2.45) is 7.05 Å². The maximum Gasteiger partial charge on any atom is 0.256 e. The molecule has 0 saturated heterocycles. The number of nitrogens with zero attached hydrogens (tertiary/aromatic N) is 3. The van der Waals surface area contributed by atoms with E-state index in [1.807, 2.05) is 0 Å². The summed E-state index contributed by atoms with van der Waals surface area (Å²) in [5.74, 6) is 0. The molecule has 0 atom stereocenters. The van der Waals surface area contributed by atoms with Crippen molar-refractivity contribution < 1.29 is 8.42 Å². The van der Waals surface area contributed by atoms with Gasteiger partial charge in [0.05, 0.1) is 22.9 Å². The van der Waals surface area contributed by atoms with Gasteiger partial charge in [0.1, 0.15) is 4.21 Å². The number of sulfonamides is 1. The molecule has 1 aliphatic heterocycles. The number of thiophene rings is 1. The third-order valence-corrected chi connectivity index (χ3v) is 6.94. The van der Waals surface area contributed by atoms with E-state index in [2.05, 4.69) is 4.98 Å². The predicted molar refractivity (Wildman–Crippen MR) is 80.1 cm³/mol. The van der Waals surface area contributed by atoms with E-state index in [1.165, 1.54) is 21.3 Å². The van der Waals surface area contributed by atoms with Crippen molar-refractivity contribution in [1.29, 1.82) is 0 Å². The Balaban J connectivity index is 1.97. The van der Waals surface area contributed by atoms with E-state index in [0.717, 1.165) is 11.3 Å². The minimum absolute atomic E-state index is 0.114. The molecule has 0 radical (unpaired) electrons. The van der Waals surface area contributed by atoms with Crippen LogP contribution in [0.4, 0.5) is 0 Å². The van der Waals surface area contributed by atoms with Crippen molar-refractivity contribution in [3.05, 3.63) is 44.4 Å². The largest absolute Gasteiger partial charge is 0.302 e. The van der Waals surface area contributed by atoms with E-state index in [1.54, 1.807) is 13.1 Å². The molecule has 112 valence electrons. The fraction of sp³-hybridized carbons (Fsp3) is 0.333. The Morgan fingerprint density at radius 2 is 2.14 bits per heavy atom. The molecule has 3 heterocycles. The Hall–Kier alpha value is -1.22. The Bertz CT molecular complexity index is 857. The van der Waals surface area contributed by atoms with Crippen LogP contribution in [-0.2, 0) is 30.0 Å². The maximum absolute atomic E-state index is 12.5. The van der Waals surface area contributed by atoms with Gasteiger partial charge in [0.2, 0.25) is 0 Å². The highest BCUT2D eigenvalue weighted by Gasteiger charge is 2.31. The molecule has 2 aromatic heterocycles. The zero-order valence-electron chi connectivity index (χ0n) is 11.1. The van der Waals surface area contributed by atoms with Gasteiger partial charge in [0.15, 0.2) is 0 Å². The number of aromatic nitrogens is 2. The molecule has 0 aromatic carbocycles. The fourth-order valence-electron chi connectivity index (χ4n) is 2.26. The summed E-state index contributed by atoms with van der Waals surface area (Å²) in [6.45, 7) is 0.384. The molecule has 6 nitrogen and oxygen atoms in total. The number of hydrogen-bond acceptors (Lipinski definition) is 5. The van der Waals surface area contributed by atoms with Crippen molar-refractivity contribution in [3.8, 4) is 0 Å². The van der Waals surface area contributed by atoms with Gasteiger partial charge in [-0.05, 0) is 18.6 Å².